The highest BCUT2D eigenvalue weighted by Gasteiger charge is 2.13. The number of aromatic nitrogens is 1. The first-order valence-corrected chi connectivity index (χ1v) is 12.8. The number of nitrogens with one attached hydrogen (secondary N) is 2. The van der Waals surface area contributed by atoms with Crippen LogP contribution >= 0.6 is 0 Å². The van der Waals surface area contributed by atoms with Gasteiger partial charge in [-0.05, 0) is 65.7 Å². The highest BCUT2D eigenvalue weighted by molar-refractivity contribution is 7.86. The van der Waals surface area contributed by atoms with Crippen LogP contribution in [0.3, 0.4) is 0 Å². The van der Waals surface area contributed by atoms with E-state index in [9.17, 15) is 13.2 Å². The molecule has 35 heavy (non-hydrogen) atoms. The quantitative estimate of drug-likeness (QED) is 0.323. The van der Waals surface area contributed by atoms with Crippen molar-refractivity contribution >= 4 is 27.4 Å². The van der Waals surface area contributed by atoms with Crippen molar-refractivity contribution in [1.29, 1.82) is 0 Å². The molecule has 0 aliphatic carbocycles. The Morgan fingerprint density at radius 1 is 0.857 bits per heavy atom. The zero-order valence-corrected chi connectivity index (χ0v) is 20.0. The summed E-state index contributed by atoms with van der Waals surface area (Å²) in [5, 5.41) is 6.29. The molecule has 7 nitrogen and oxygen atoms in total. The summed E-state index contributed by atoms with van der Waals surface area (Å²) in [4.78, 5) is 17.4. The third kappa shape index (κ3) is 6.91. The van der Waals surface area contributed by atoms with Crippen LogP contribution in [0, 0.1) is 0 Å². The topological polar surface area (TPSA) is 97.4 Å². The fourth-order valence-electron chi connectivity index (χ4n) is 3.55. The summed E-state index contributed by atoms with van der Waals surface area (Å²) in [7, 11) is -3.60. The molecule has 0 atom stereocenters. The van der Waals surface area contributed by atoms with Crippen LogP contribution in [-0.2, 0) is 16.5 Å². The first-order chi connectivity index (χ1) is 16.9. The van der Waals surface area contributed by atoms with E-state index in [1.165, 1.54) is 0 Å². The van der Waals surface area contributed by atoms with Gasteiger partial charge in [-0.2, -0.15) is 8.42 Å². The number of pyridine rings is 1. The standard InChI is InChI=1S/C27H25N3O4S/c1-35(32,33)34-24-15-9-20(10-16-24)25-7-2-3-8-26(25)27(31)30-23-13-11-22(12-14-23)29-19-17-21-6-4-5-18-28-21/h2-16,18,29H,17,19H2,1H3,(H,30,31). The maximum atomic E-state index is 13.0. The highest BCUT2D eigenvalue weighted by atomic mass is 32.2. The minimum Gasteiger partial charge on any atom is -0.385 e. The minimum absolute atomic E-state index is 0.215. The number of benzene rings is 3. The Morgan fingerprint density at radius 2 is 1.54 bits per heavy atom. The molecule has 0 unspecified atom stereocenters. The molecule has 1 amide bonds. The summed E-state index contributed by atoms with van der Waals surface area (Å²) in [6, 6.07) is 27.2. The normalized spacial score (nSPS) is 11.0. The maximum Gasteiger partial charge on any atom is 0.306 e. The van der Waals surface area contributed by atoms with Gasteiger partial charge in [-0.3, -0.25) is 9.78 Å². The van der Waals surface area contributed by atoms with E-state index in [0.29, 0.717) is 11.3 Å². The first kappa shape index (κ1) is 24.0. The van der Waals surface area contributed by atoms with Crippen molar-refractivity contribution in [2.24, 2.45) is 0 Å². The number of nitrogens with zero attached hydrogens (tertiary/aromatic N) is 1. The molecule has 0 saturated carbocycles. The second kappa shape index (κ2) is 10.8. The van der Waals surface area contributed by atoms with Crippen LogP contribution in [-0.4, -0.2) is 32.1 Å². The lowest BCUT2D eigenvalue weighted by molar-refractivity contribution is 0.102. The largest absolute Gasteiger partial charge is 0.385 e. The van der Waals surface area contributed by atoms with Crippen LogP contribution in [0.1, 0.15) is 16.1 Å². The third-order valence-corrected chi connectivity index (χ3v) is 5.66. The van der Waals surface area contributed by atoms with Crippen molar-refractivity contribution in [2.75, 3.05) is 23.4 Å². The monoisotopic (exact) mass is 487 g/mol. The molecule has 0 saturated heterocycles. The molecule has 4 aromatic rings. The lowest BCUT2D eigenvalue weighted by atomic mass is 9.99. The Balaban J connectivity index is 1.40. The predicted molar refractivity (Wildman–Crippen MR) is 138 cm³/mol. The highest BCUT2D eigenvalue weighted by Crippen LogP contribution is 2.27. The van der Waals surface area contributed by atoms with Gasteiger partial charge in [-0.25, -0.2) is 0 Å². The smallest absolute Gasteiger partial charge is 0.306 e. The first-order valence-electron chi connectivity index (χ1n) is 11.0. The molecule has 0 radical (unpaired) electrons. The van der Waals surface area contributed by atoms with Crippen molar-refractivity contribution in [3.63, 3.8) is 0 Å². The summed E-state index contributed by atoms with van der Waals surface area (Å²) >= 11 is 0. The van der Waals surface area contributed by atoms with Crippen molar-refractivity contribution in [3.8, 4) is 16.9 Å². The number of hydrogen-bond donors (Lipinski definition) is 2. The molecule has 1 aromatic heterocycles. The van der Waals surface area contributed by atoms with Crippen molar-refractivity contribution in [1.82, 2.24) is 4.98 Å². The number of rotatable bonds is 9. The molecule has 0 fully saturated rings. The molecule has 0 aliphatic rings. The van der Waals surface area contributed by atoms with Crippen LogP contribution in [0.25, 0.3) is 11.1 Å². The van der Waals surface area contributed by atoms with E-state index in [4.69, 9.17) is 4.18 Å². The van der Waals surface area contributed by atoms with E-state index < -0.39 is 10.1 Å². The molecule has 2 N–H and O–H groups in total. The second-order valence-corrected chi connectivity index (χ2v) is 9.46. The summed E-state index contributed by atoms with van der Waals surface area (Å²) in [5.74, 6) is -0.0279. The molecule has 178 valence electrons. The van der Waals surface area contributed by atoms with E-state index in [1.54, 1.807) is 42.6 Å². The second-order valence-electron chi connectivity index (χ2n) is 7.89. The van der Waals surface area contributed by atoms with Crippen molar-refractivity contribution < 1.29 is 17.4 Å². The van der Waals surface area contributed by atoms with E-state index in [2.05, 4.69) is 15.6 Å². The molecular weight excluding hydrogens is 462 g/mol. The minimum atomic E-state index is -3.60. The Labute approximate surface area is 204 Å². The summed E-state index contributed by atoms with van der Waals surface area (Å²) in [6.07, 6.45) is 3.59. The number of carbonyl (C=O) groups excluding carboxylic acids is 1. The fraction of sp³-hybridized carbons (Fsp3) is 0.111. The summed E-state index contributed by atoms with van der Waals surface area (Å²) in [5.41, 5.74) is 4.66. The van der Waals surface area contributed by atoms with E-state index in [0.717, 1.165) is 41.7 Å². The van der Waals surface area contributed by atoms with Gasteiger partial charge in [0.05, 0.1) is 6.26 Å². The van der Waals surface area contributed by atoms with Crippen molar-refractivity contribution in [3.05, 3.63) is 108 Å². The van der Waals surface area contributed by atoms with E-state index >= 15 is 0 Å². The molecule has 4 rings (SSSR count). The van der Waals surface area contributed by atoms with Gasteiger partial charge in [-0.15, -0.1) is 0 Å². The summed E-state index contributed by atoms with van der Waals surface area (Å²) in [6.45, 7) is 0.754. The molecule has 0 bridgehead atoms. The Kier molecular flexibility index (Phi) is 7.42. The number of anilines is 2. The average Bonchev–Trinajstić information content (AvgIpc) is 2.85. The zero-order valence-electron chi connectivity index (χ0n) is 19.1. The van der Waals surface area contributed by atoms with Gasteiger partial charge in [0.15, 0.2) is 0 Å². The SMILES string of the molecule is CS(=O)(=O)Oc1ccc(-c2ccccc2C(=O)Nc2ccc(NCCc3ccccn3)cc2)cc1. The average molecular weight is 488 g/mol. The van der Waals surface area contributed by atoms with Gasteiger partial charge in [0.2, 0.25) is 0 Å². The fourth-order valence-corrected chi connectivity index (χ4v) is 4.01. The Morgan fingerprint density at radius 3 is 2.23 bits per heavy atom. The van der Waals surface area contributed by atoms with Crippen LogP contribution in [0.4, 0.5) is 11.4 Å². The van der Waals surface area contributed by atoms with Crippen LogP contribution < -0.4 is 14.8 Å². The number of amides is 1. The van der Waals surface area contributed by atoms with Crippen LogP contribution in [0.5, 0.6) is 5.75 Å². The Hall–Kier alpha value is -4.17. The van der Waals surface area contributed by atoms with Gasteiger partial charge in [0.25, 0.3) is 5.91 Å². The van der Waals surface area contributed by atoms with Gasteiger partial charge < -0.3 is 14.8 Å². The number of carbonyl (C=O) groups is 1. The third-order valence-electron chi connectivity index (χ3n) is 5.16. The van der Waals surface area contributed by atoms with Crippen molar-refractivity contribution in [2.45, 2.75) is 6.42 Å². The van der Waals surface area contributed by atoms with Gasteiger partial charge in [0, 0.05) is 41.8 Å². The van der Waals surface area contributed by atoms with Crippen LogP contribution in [0.15, 0.2) is 97.2 Å². The molecule has 0 aliphatic heterocycles. The lowest BCUT2D eigenvalue weighted by Crippen LogP contribution is -2.13. The predicted octanol–water partition coefficient (Wildman–Crippen LogP) is 4.99. The summed E-state index contributed by atoms with van der Waals surface area (Å²) < 4.78 is 27.5. The maximum absolute atomic E-state index is 13.0. The van der Waals surface area contributed by atoms with Gasteiger partial charge in [-0.1, -0.05) is 36.4 Å². The van der Waals surface area contributed by atoms with E-state index in [1.807, 2.05) is 54.6 Å². The molecule has 3 aromatic carbocycles. The number of hydrogen-bond acceptors (Lipinski definition) is 6. The lowest BCUT2D eigenvalue weighted by Gasteiger charge is -2.12. The molecule has 1 heterocycles. The van der Waals surface area contributed by atoms with Gasteiger partial charge in [0.1, 0.15) is 5.75 Å². The molecule has 0 spiro atoms. The van der Waals surface area contributed by atoms with E-state index in [-0.39, 0.29) is 11.7 Å². The molecular formula is C27H25N3O4S. The molecule has 8 heteroatoms. The van der Waals surface area contributed by atoms with Gasteiger partial charge >= 0.3 is 10.1 Å². The Bertz CT molecular complexity index is 1390. The van der Waals surface area contributed by atoms with Crippen LogP contribution in [0.2, 0.25) is 0 Å². The zero-order chi connectivity index (χ0) is 24.7.